The molecule has 11 aromatic rings. The molecule has 0 nitrogen and oxygen atoms in total. The fourth-order valence-electron chi connectivity index (χ4n) is 9.72. The maximum atomic E-state index is 2.49. The molecule has 0 amide bonds. The van der Waals surface area contributed by atoms with Gasteiger partial charge in [0.1, 0.15) is 0 Å². The molecule has 0 bridgehead atoms. The second-order valence-electron chi connectivity index (χ2n) is 15.6. The van der Waals surface area contributed by atoms with Gasteiger partial charge in [0, 0.05) is 45.8 Å². The lowest BCUT2D eigenvalue weighted by Crippen LogP contribution is -2.15. The molecule has 258 valence electrons. The first kappa shape index (κ1) is 31.3. The minimum atomic E-state index is -0.134. The first-order valence-electron chi connectivity index (χ1n) is 19.1. The van der Waals surface area contributed by atoms with Gasteiger partial charge < -0.3 is 0 Å². The topological polar surface area (TPSA) is 0 Å². The third kappa shape index (κ3) is 4.38. The van der Waals surface area contributed by atoms with Crippen molar-refractivity contribution in [2.75, 3.05) is 0 Å². The van der Waals surface area contributed by atoms with Crippen molar-refractivity contribution in [2.45, 2.75) is 19.3 Å². The summed E-state index contributed by atoms with van der Waals surface area (Å²) in [4.78, 5) is 0. The molecule has 12 rings (SSSR count). The summed E-state index contributed by atoms with van der Waals surface area (Å²) in [5.41, 5.74) is 13.1. The Morgan fingerprint density at radius 3 is 1.71 bits per heavy atom. The third-order valence-electron chi connectivity index (χ3n) is 12.3. The van der Waals surface area contributed by atoms with Gasteiger partial charge in [0.2, 0.25) is 0 Å². The van der Waals surface area contributed by atoms with E-state index < -0.39 is 0 Å². The van der Waals surface area contributed by atoms with E-state index in [2.05, 4.69) is 184 Å². The monoisotopic (exact) mass is 734 g/mol. The van der Waals surface area contributed by atoms with Crippen molar-refractivity contribution in [3.63, 3.8) is 0 Å². The Morgan fingerprint density at radius 2 is 0.964 bits per heavy atom. The highest BCUT2D eigenvalue weighted by molar-refractivity contribution is 7.30. The number of hydrogen-bond donors (Lipinski definition) is 0. The SMILES string of the molecule is CC1(C)c2ccc(-c3cccc4c3sc3ccc5c6ccccc6sc5c34)cc2-c2ccc(-c3c4ccccc4c(-c4ccccc4)c4ccccc34)cc21. The van der Waals surface area contributed by atoms with Crippen LogP contribution in [0.4, 0.5) is 0 Å². The van der Waals surface area contributed by atoms with Gasteiger partial charge in [-0.3, -0.25) is 0 Å². The van der Waals surface area contributed by atoms with Crippen molar-refractivity contribution in [3.8, 4) is 44.5 Å². The lowest BCUT2D eigenvalue weighted by molar-refractivity contribution is 0.660. The lowest BCUT2D eigenvalue weighted by Gasteiger charge is -2.23. The van der Waals surface area contributed by atoms with Gasteiger partial charge in [0.05, 0.1) is 0 Å². The molecule has 0 N–H and O–H groups in total. The molecule has 0 radical (unpaired) electrons. The second-order valence-corrected chi connectivity index (χ2v) is 17.7. The van der Waals surface area contributed by atoms with Crippen molar-refractivity contribution in [1.82, 2.24) is 0 Å². The van der Waals surface area contributed by atoms with Gasteiger partial charge in [0.15, 0.2) is 0 Å². The molecule has 2 heteroatoms. The van der Waals surface area contributed by atoms with Crippen molar-refractivity contribution >= 4 is 84.6 Å². The Morgan fingerprint density at radius 1 is 0.345 bits per heavy atom. The number of thiophene rings is 2. The fourth-order valence-corrected chi connectivity index (χ4v) is 12.3. The van der Waals surface area contributed by atoms with E-state index >= 15 is 0 Å². The first-order chi connectivity index (χ1) is 27.0. The molecule has 0 fully saturated rings. The zero-order valence-corrected chi connectivity index (χ0v) is 32.1. The summed E-state index contributed by atoms with van der Waals surface area (Å²) >= 11 is 3.86. The Labute approximate surface area is 327 Å². The molecule has 0 saturated carbocycles. The summed E-state index contributed by atoms with van der Waals surface area (Å²) in [6, 6.07) is 63.7. The highest BCUT2D eigenvalue weighted by Gasteiger charge is 2.36. The van der Waals surface area contributed by atoms with E-state index in [9.17, 15) is 0 Å². The van der Waals surface area contributed by atoms with E-state index in [0.29, 0.717) is 0 Å². The van der Waals surface area contributed by atoms with Crippen LogP contribution in [-0.4, -0.2) is 0 Å². The summed E-state index contributed by atoms with van der Waals surface area (Å²) in [6.07, 6.45) is 0. The van der Waals surface area contributed by atoms with E-state index in [-0.39, 0.29) is 5.41 Å². The number of benzene rings is 9. The summed E-state index contributed by atoms with van der Waals surface area (Å²) in [5, 5.41) is 10.6. The average molecular weight is 735 g/mol. The van der Waals surface area contributed by atoms with Crippen LogP contribution < -0.4 is 0 Å². The molecule has 0 spiro atoms. The van der Waals surface area contributed by atoms with E-state index in [1.807, 2.05) is 22.7 Å². The van der Waals surface area contributed by atoms with E-state index in [1.54, 1.807) is 0 Å². The Hall–Kier alpha value is -6.06. The number of fused-ring (bicyclic) bond motifs is 12. The maximum absolute atomic E-state index is 2.49. The molecule has 2 aromatic heterocycles. The standard InChI is InChI=1S/C53H34S2/c1-53(2)44-27-24-32(34-20-12-21-42-50-47(55-51(34)42)28-26-41-36-15-10-11-22-46(36)54-52(41)50)29-43(44)35-25-23-33(30-45(35)53)49-39-18-8-6-16-37(39)48(31-13-4-3-5-14-31)38-17-7-9-19-40(38)49/h3-30H,1-2H3. The largest absolute Gasteiger partial charge is 0.134 e. The van der Waals surface area contributed by atoms with Gasteiger partial charge in [-0.05, 0) is 101 Å². The fraction of sp³-hybridized carbons (Fsp3) is 0.0566. The zero-order chi connectivity index (χ0) is 36.4. The molecule has 0 aliphatic heterocycles. The lowest BCUT2D eigenvalue weighted by atomic mass is 9.80. The van der Waals surface area contributed by atoms with E-state index in [1.165, 1.54) is 118 Å². The van der Waals surface area contributed by atoms with Gasteiger partial charge in [-0.1, -0.05) is 159 Å². The smallest absolute Gasteiger partial charge is 0.0448 e. The molecule has 1 aliphatic carbocycles. The molecule has 1 aliphatic rings. The zero-order valence-electron chi connectivity index (χ0n) is 30.5. The Kier molecular flexibility index (Phi) is 6.53. The van der Waals surface area contributed by atoms with Crippen LogP contribution in [0.5, 0.6) is 0 Å². The Bertz CT molecular complexity index is 3340. The van der Waals surface area contributed by atoms with Crippen LogP contribution in [0.3, 0.4) is 0 Å². The van der Waals surface area contributed by atoms with Crippen LogP contribution in [0.15, 0.2) is 170 Å². The highest BCUT2D eigenvalue weighted by atomic mass is 32.1. The highest BCUT2D eigenvalue weighted by Crippen LogP contribution is 2.53. The van der Waals surface area contributed by atoms with Crippen LogP contribution in [0, 0.1) is 0 Å². The predicted molar refractivity (Wildman–Crippen MR) is 241 cm³/mol. The molecule has 2 heterocycles. The van der Waals surface area contributed by atoms with Crippen LogP contribution >= 0.6 is 22.7 Å². The average Bonchev–Trinajstić information content (AvgIpc) is 3.87. The molecular weight excluding hydrogens is 701 g/mol. The van der Waals surface area contributed by atoms with Gasteiger partial charge in [-0.15, -0.1) is 22.7 Å². The normalized spacial score (nSPS) is 13.4. The minimum Gasteiger partial charge on any atom is -0.134 e. The Balaban J connectivity index is 1.03. The van der Waals surface area contributed by atoms with Crippen molar-refractivity contribution < 1.29 is 0 Å². The van der Waals surface area contributed by atoms with Crippen LogP contribution in [0.1, 0.15) is 25.0 Å². The van der Waals surface area contributed by atoms with Crippen LogP contribution in [0.25, 0.3) is 106 Å². The number of hydrogen-bond acceptors (Lipinski definition) is 2. The van der Waals surface area contributed by atoms with Crippen LogP contribution in [0.2, 0.25) is 0 Å². The maximum Gasteiger partial charge on any atom is 0.0448 e. The molecule has 9 aromatic carbocycles. The van der Waals surface area contributed by atoms with Crippen LogP contribution in [-0.2, 0) is 5.41 Å². The van der Waals surface area contributed by atoms with Gasteiger partial charge in [-0.2, -0.15) is 0 Å². The van der Waals surface area contributed by atoms with Gasteiger partial charge in [-0.25, -0.2) is 0 Å². The van der Waals surface area contributed by atoms with Gasteiger partial charge >= 0.3 is 0 Å². The molecule has 0 unspecified atom stereocenters. The molecule has 0 saturated heterocycles. The summed E-state index contributed by atoms with van der Waals surface area (Å²) in [6.45, 7) is 4.80. The summed E-state index contributed by atoms with van der Waals surface area (Å²) in [5.74, 6) is 0. The summed E-state index contributed by atoms with van der Waals surface area (Å²) < 4.78 is 5.48. The minimum absolute atomic E-state index is 0.134. The molecule has 0 atom stereocenters. The summed E-state index contributed by atoms with van der Waals surface area (Å²) in [7, 11) is 0. The van der Waals surface area contributed by atoms with Crippen molar-refractivity contribution in [1.29, 1.82) is 0 Å². The predicted octanol–water partition coefficient (Wildman–Crippen LogP) is 16.0. The number of rotatable bonds is 3. The van der Waals surface area contributed by atoms with Crippen molar-refractivity contribution in [3.05, 3.63) is 181 Å². The molecular formula is C53H34S2. The van der Waals surface area contributed by atoms with E-state index in [0.717, 1.165) is 0 Å². The second kappa shape index (κ2) is 11.5. The van der Waals surface area contributed by atoms with Crippen molar-refractivity contribution in [2.24, 2.45) is 0 Å². The first-order valence-corrected chi connectivity index (χ1v) is 20.7. The van der Waals surface area contributed by atoms with Gasteiger partial charge in [0.25, 0.3) is 0 Å². The molecule has 55 heavy (non-hydrogen) atoms. The quantitative estimate of drug-likeness (QED) is 0.159. The third-order valence-corrected chi connectivity index (χ3v) is 14.7. The van der Waals surface area contributed by atoms with E-state index in [4.69, 9.17) is 0 Å².